The van der Waals surface area contributed by atoms with Crippen molar-refractivity contribution in [2.75, 3.05) is 13.2 Å². The first kappa shape index (κ1) is 18.5. The molecule has 0 fully saturated rings. The van der Waals surface area contributed by atoms with Gasteiger partial charge in [0.1, 0.15) is 0 Å². The number of hydrogen-bond acceptors (Lipinski definition) is 4. The van der Waals surface area contributed by atoms with Gasteiger partial charge in [0.05, 0.1) is 18.6 Å². The van der Waals surface area contributed by atoms with Crippen LogP contribution in [0.5, 0.6) is 0 Å². The monoisotopic (exact) mass is 308 g/mol. The number of hydrogen-bond donors (Lipinski definition) is 0. The zero-order valence-corrected chi connectivity index (χ0v) is 14.3. The number of allylic oxidation sites excluding steroid dienone is 1. The zero-order valence-electron chi connectivity index (χ0n) is 14.3. The van der Waals surface area contributed by atoms with Gasteiger partial charge in [-0.15, -0.1) is 0 Å². The van der Waals surface area contributed by atoms with E-state index in [0.717, 1.165) is 17.6 Å². The minimum Gasteiger partial charge on any atom is -0.465 e. The van der Waals surface area contributed by atoms with Crippen LogP contribution in [0, 0.1) is 5.41 Å². The molecule has 0 heterocycles. The van der Waals surface area contributed by atoms with Gasteiger partial charge in [0.15, 0.2) is 0 Å². The van der Waals surface area contributed by atoms with Crippen molar-refractivity contribution in [3.05, 3.63) is 23.3 Å². The Bertz CT molecular complexity index is 475. The van der Waals surface area contributed by atoms with E-state index >= 15 is 0 Å². The first-order valence-electron chi connectivity index (χ1n) is 8.20. The highest BCUT2D eigenvalue weighted by Gasteiger charge is 2.46. The van der Waals surface area contributed by atoms with E-state index in [4.69, 9.17) is 9.47 Å². The van der Waals surface area contributed by atoms with Crippen LogP contribution >= 0.6 is 0 Å². The van der Waals surface area contributed by atoms with Crippen molar-refractivity contribution in [3.8, 4) is 0 Å². The predicted molar refractivity (Wildman–Crippen MR) is 86.3 cm³/mol. The molecule has 0 aromatic rings. The van der Waals surface area contributed by atoms with Crippen LogP contribution in [0.25, 0.3) is 0 Å². The lowest BCUT2D eigenvalue weighted by molar-refractivity contribution is -0.154. The van der Waals surface area contributed by atoms with Gasteiger partial charge >= 0.3 is 11.9 Å². The Morgan fingerprint density at radius 3 is 2.27 bits per heavy atom. The summed E-state index contributed by atoms with van der Waals surface area (Å²) < 4.78 is 10.5. The van der Waals surface area contributed by atoms with E-state index in [1.165, 1.54) is 0 Å². The van der Waals surface area contributed by atoms with E-state index < -0.39 is 5.41 Å². The van der Waals surface area contributed by atoms with E-state index in [9.17, 15) is 9.59 Å². The minimum atomic E-state index is -0.786. The third-order valence-corrected chi connectivity index (χ3v) is 4.48. The lowest BCUT2D eigenvalue weighted by Gasteiger charge is -2.38. The third kappa shape index (κ3) is 3.60. The van der Waals surface area contributed by atoms with E-state index in [2.05, 4.69) is 6.58 Å². The highest BCUT2D eigenvalue weighted by molar-refractivity contribution is 5.92. The average molecular weight is 308 g/mol. The molecule has 0 aromatic carbocycles. The summed E-state index contributed by atoms with van der Waals surface area (Å²) in [5.74, 6) is -0.574. The van der Waals surface area contributed by atoms with Crippen LogP contribution < -0.4 is 0 Å². The van der Waals surface area contributed by atoms with Gasteiger partial charge in [-0.05, 0) is 46.0 Å². The molecule has 0 bridgehead atoms. The first-order chi connectivity index (χ1) is 10.5. The predicted octanol–water partition coefficient (Wildman–Crippen LogP) is 3.96. The van der Waals surface area contributed by atoms with Crippen LogP contribution in [-0.4, -0.2) is 25.2 Å². The summed E-state index contributed by atoms with van der Waals surface area (Å²) in [6.45, 7) is 12.3. The first-order valence-corrected chi connectivity index (χ1v) is 8.20. The molecule has 0 spiro atoms. The molecule has 1 rings (SSSR count). The van der Waals surface area contributed by atoms with Crippen LogP contribution in [0.3, 0.4) is 0 Å². The second kappa shape index (κ2) is 8.16. The molecule has 0 saturated heterocycles. The largest absolute Gasteiger partial charge is 0.465 e. The summed E-state index contributed by atoms with van der Waals surface area (Å²) in [5.41, 5.74) is 1.77. The molecular formula is C18H28O4. The van der Waals surface area contributed by atoms with E-state index in [1.807, 2.05) is 13.8 Å². The topological polar surface area (TPSA) is 52.6 Å². The maximum atomic E-state index is 12.6. The Kier molecular flexibility index (Phi) is 6.85. The van der Waals surface area contributed by atoms with E-state index in [1.54, 1.807) is 13.8 Å². The van der Waals surface area contributed by atoms with Gasteiger partial charge in [-0.25, -0.2) is 4.79 Å². The van der Waals surface area contributed by atoms with Crippen LogP contribution in [0.2, 0.25) is 0 Å². The number of esters is 2. The summed E-state index contributed by atoms with van der Waals surface area (Å²) in [6.07, 6.45) is 3.20. The molecule has 1 aliphatic carbocycles. The molecule has 0 aliphatic heterocycles. The van der Waals surface area contributed by atoms with Crippen molar-refractivity contribution in [1.82, 2.24) is 0 Å². The normalized spacial score (nSPS) is 21.5. The maximum Gasteiger partial charge on any atom is 0.333 e. The fourth-order valence-electron chi connectivity index (χ4n) is 3.08. The molecule has 0 amide bonds. The number of carbonyl (C=O) groups excluding carboxylic acids is 2. The minimum absolute atomic E-state index is 0.265. The highest BCUT2D eigenvalue weighted by atomic mass is 16.5. The van der Waals surface area contributed by atoms with Crippen molar-refractivity contribution in [3.63, 3.8) is 0 Å². The van der Waals surface area contributed by atoms with Crippen molar-refractivity contribution in [1.29, 1.82) is 0 Å². The summed E-state index contributed by atoms with van der Waals surface area (Å²) >= 11 is 0. The van der Waals surface area contributed by atoms with E-state index in [0.29, 0.717) is 44.5 Å². The molecule has 4 nitrogen and oxygen atoms in total. The van der Waals surface area contributed by atoms with Gasteiger partial charge in [0.25, 0.3) is 0 Å². The van der Waals surface area contributed by atoms with Gasteiger partial charge in [-0.3, -0.25) is 4.79 Å². The second-order valence-electron chi connectivity index (χ2n) is 5.59. The fourth-order valence-corrected chi connectivity index (χ4v) is 3.08. The van der Waals surface area contributed by atoms with Crippen molar-refractivity contribution in [2.45, 2.75) is 59.8 Å². The van der Waals surface area contributed by atoms with Crippen molar-refractivity contribution < 1.29 is 19.1 Å². The molecule has 0 saturated carbocycles. The Morgan fingerprint density at radius 2 is 1.77 bits per heavy atom. The van der Waals surface area contributed by atoms with Crippen LogP contribution in [-0.2, 0) is 19.1 Å². The molecule has 0 radical (unpaired) electrons. The van der Waals surface area contributed by atoms with Crippen molar-refractivity contribution >= 4 is 11.9 Å². The molecule has 1 unspecified atom stereocenters. The molecule has 1 atom stereocenters. The number of carbonyl (C=O) groups is 2. The molecular weight excluding hydrogens is 280 g/mol. The van der Waals surface area contributed by atoms with Crippen LogP contribution in [0.1, 0.15) is 59.8 Å². The van der Waals surface area contributed by atoms with Gasteiger partial charge in [0.2, 0.25) is 0 Å². The van der Waals surface area contributed by atoms with Crippen molar-refractivity contribution in [2.24, 2.45) is 5.41 Å². The Balaban J connectivity index is 3.23. The number of rotatable bonds is 7. The van der Waals surface area contributed by atoms with Gasteiger partial charge in [-0.2, -0.15) is 0 Å². The SMILES string of the molecule is C=C(CC)C1(C(=O)OCC)CCC(CC)=C(C(=O)OCC)C1. The average Bonchev–Trinajstić information content (AvgIpc) is 2.53. The fraction of sp³-hybridized carbons (Fsp3) is 0.667. The molecule has 0 aromatic heterocycles. The molecule has 22 heavy (non-hydrogen) atoms. The zero-order chi connectivity index (χ0) is 16.8. The molecule has 1 aliphatic rings. The molecule has 0 N–H and O–H groups in total. The maximum absolute atomic E-state index is 12.6. The van der Waals surface area contributed by atoms with Gasteiger partial charge in [-0.1, -0.05) is 31.6 Å². The van der Waals surface area contributed by atoms with Gasteiger partial charge < -0.3 is 9.47 Å². The molecule has 124 valence electrons. The smallest absolute Gasteiger partial charge is 0.333 e. The third-order valence-electron chi connectivity index (χ3n) is 4.48. The van der Waals surface area contributed by atoms with Crippen LogP contribution in [0.4, 0.5) is 0 Å². The quantitative estimate of drug-likeness (QED) is 0.528. The summed E-state index contributed by atoms with van der Waals surface area (Å²) in [4.78, 5) is 24.9. The Labute approximate surface area is 133 Å². The van der Waals surface area contributed by atoms with Crippen LogP contribution in [0.15, 0.2) is 23.3 Å². The summed E-state index contributed by atoms with van der Waals surface area (Å²) in [5, 5.41) is 0. The molecule has 4 heteroatoms. The standard InChI is InChI=1S/C18H28O4/c1-6-13(5)18(17(20)22-9-4)11-10-14(7-2)15(12-18)16(19)21-8-3/h5-12H2,1-4H3. The second-order valence-corrected chi connectivity index (χ2v) is 5.59. The lowest BCUT2D eigenvalue weighted by Crippen LogP contribution is -2.39. The Hall–Kier alpha value is -1.58. The Morgan fingerprint density at radius 1 is 1.14 bits per heavy atom. The summed E-state index contributed by atoms with van der Waals surface area (Å²) in [7, 11) is 0. The number of ether oxygens (including phenoxy) is 2. The summed E-state index contributed by atoms with van der Waals surface area (Å²) in [6, 6.07) is 0. The highest BCUT2D eigenvalue weighted by Crippen LogP contribution is 2.47. The lowest BCUT2D eigenvalue weighted by atomic mass is 9.66. The van der Waals surface area contributed by atoms with E-state index in [-0.39, 0.29) is 11.9 Å². The van der Waals surface area contributed by atoms with Gasteiger partial charge in [0, 0.05) is 5.57 Å².